The van der Waals surface area contributed by atoms with Gasteiger partial charge in [0.2, 0.25) is 0 Å². The van der Waals surface area contributed by atoms with E-state index in [2.05, 4.69) is 10.6 Å². The van der Waals surface area contributed by atoms with Crippen molar-refractivity contribution >= 4 is 18.2 Å². The average Bonchev–Trinajstić information content (AvgIpc) is 3.06. The molecule has 0 aromatic heterocycles. The lowest BCUT2D eigenvalue weighted by Gasteiger charge is -2.14. The van der Waals surface area contributed by atoms with Crippen molar-refractivity contribution in [3.8, 4) is 11.5 Å². The second kappa shape index (κ2) is 8.90. The lowest BCUT2D eigenvalue weighted by molar-refractivity contribution is -0.122. The number of carbonyl (C=O) groups is 3. The van der Waals surface area contributed by atoms with Gasteiger partial charge in [0.1, 0.15) is 6.29 Å². The molecular weight excluding hydrogens is 312 g/mol. The summed E-state index contributed by atoms with van der Waals surface area (Å²) in [6, 6.07) is 4.29. The van der Waals surface area contributed by atoms with Crippen LogP contribution in [0.1, 0.15) is 43.0 Å². The van der Waals surface area contributed by atoms with Gasteiger partial charge < -0.3 is 14.8 Å². The highest BCUT2D eigenvalue weighted by atomic mass is 16.5. The zero-order valence-corrected chi connectivity index (χ0v) is 13.7. The van der Waals surface area contributed by atoms with E-state index in [1.807, 2.05) is 0 Å². The summed E-state index contributed by atoms with van der Waals surface area (Å²) in [6.45, 7) is 1.88. The SMILES string of the molecule is CCOc1cc(C=O)ccc1OCC(=O)NC(=O)NC1CCCC1. The van der Waals surface area contributed by atoms with Crippen LogP contribution in [0.5, 0.6) is 11.5 Å². The number of benzene rings is 1. The Morgan fingerprint density at radius 2 is 1.96 bits per heavy atom. The Balaban J connectivity index is 1.84. The number of hydrogen-bond donors (Lipinski definition) is 2. The molecule has 0 radical (unpaired) electrons. The zero-order valence-electron chi connectivity index (χ0n) is 13.7. The number of ether oxygens (including phenoxy) is 2. The normalized spacial score (nSPS) is 14.0. The van der Waals surface area contributed by atoms with Crippen LogP contribution in [0.2, 0.25) is 0 Å². The predicted molar refractivity (Wildman–Crippen MR) is 87.4 cm³/mol. The lowest BCUT2D eigenvalue weighted by Crippen LogP contribution is -2.45. The van der Waals surface area contributed by atoms with Gasteiger partial charge in [0.25, 0.3) is 5.91 Å². The van der Waals surface area contributed by atoms with Gasteiger partial charge in [0.05, 0.1) is 6.61 Å². The molecule has 7 heteroatoms. The van der Waals surface area contributed by atoms with Crippen LogP contribution in [0, 0.1) is 0 Å². The van der Waals surface area contributed by atoms with E-state index in [4.69, 9.17) is 9.47 Å². The molecule has 0 unspecified atom stereocenters. The quantitative estimate of drug-likeness (QED) is 0.744. The summed E-state index contributed by atoms with van der Waals surface area (Å²) in [6.07, 6.45) is 4.78. The van der Waals surface area contributed by atoms with Gasteiger partial charge in [-0.05, 0) is 38.0 Å². The molecule has 1 fully saturated rings. The first kappa shape index (κ1) is 17.8. The molecule has 1 aliphatic rings. The first-order valence-electron chi connectivity index (χ1n) is 8.07. The summed E-state index contributed by atoms with van der Waals surface area (Å²) in [4.78, 5) is 34.3. The molecule has 1 aromatic rings. The van der Waals surface area contributed by atoms with Crippen molar-refractivity contribution in [1.82, 2.24) is 10.6 Å². The molecule has 0 bridgehead atoms. The van der Waals surface area contributed by atoms with E-state index in [1.54, 1.807) is 19.1 Å². The van der Waals surface area contributed by atoms with Crippen molar-refractivity contribution in [3.63, 3.8) is 0 Å². The Kier molecular flexibility index (Phi) is 6.60. The molecule has 1 aromatic carbocycles. The Morgan fingerprint density at radius 3 is 2.62 bits per heavy atom. The van der Waals surface area contributed by atoms with E-state index in [0.717, 1.165) is 25.7 Å². The Bertz CT molecular complexity index is 597. The summed E-state index contributed by atoms with van der Waals surface area (Å²) >= 11 is 0. The highest BCUT2D eigenvalue weighted by molar-refractivity contribution is 5.95. The van der Waals surface area contributed by atoms with Crippen molar-refractivity contribution in [2.75, 3.05) is 13.2 Å². The van der Waals surface area contributed by atoms with E-state index in [-0.39, 0.29) is 12.6 Å². The second-order valence-electron chi connectivity index (χ2n) is 5.55. The molecule has 2 rings (SSSR count). The van der Waals surface area contributed by atoms with Gasteiger partial charge >= 0.3 is 6.03 Å². The van der Waals surface area contributed by atoms with Crippen LogP contribution in [0.25, 0.3) is 0 Å². The van der Waals surface area contributed by atoms with Gasteiger partial charge in [-0.3, -0.25) is 14.9 Å². The van der Waals surface area contributed by atoms with Gasteiger partial charge in [0, 0.05) is 11.6 Å². The van der Waals surface area contributed by atoms with E-state index >= 15 is 0 Å². The topological polar surface area (TPSA) is 93.7 Å². The fraction of sp³-hybridized carbons (Fsp3) is 0.471. The standard InChI is InChI=1S/C17H22N2O5/c1-2-23-15-9-12(10-20)7-8-14(15)24-11-16(21)19-17(22)18-13-5-3-4-6-13/h7-10,13H,2-6,11H2,1H3,(H2,18,19,21,22). The first-order chi connectivity index (χ1) is 11.6. The third-order valence-corrected chi connectivity index (χ3v) is 3.71. The number of amides is 3. The molecule has 7 nitrogen and oxygen atoms in total. The number of carbonyl (C=O) groups excluding carboxylic acids is 3. The molecule has 0 saturated heterocycles. The number of nitrogens with one attached hydrogen (secondary N) is 2. The highest BCUT2D eigenvalue weighted by Gasteiger charge is 2.18. The van der Waals surface area contributed by atoms with Crippen LogP contribution in [0.3, 0.4) is 0 Å². The summed E-state index contributed by atoms with van der Waals surface area (Å²) in [5.74, 6) is 0.173. The first-order valence-corrected chi connectivity index (χ1v) is 8.07. The minimum absolute atomic E-state index is 0.138. The fourth-order valence-electron chi connectivity index (χ4n) is 2.58. The van der Waals surface area contributed by atoms with Gasteiger partial charge in [0.15, 0.2) is 18.1 Å². The molecule has 2 N–H and O–H groups in total. The molecule has 0 aliphatic heterocycles. The summed E-state index contributed by atoms with van der Waals surface area (Å²) in [7, 11) is 0. The highest BCUT2D eigenvalue weighted by Crippen LogP contribution is 2.28. The number of aldehydes is 1. The zero-order chi connectivity index (χ0) is 17.4. The monoisotopic (exact) mass is 334 g/mol. The van der Waals surface area contributed by atoms with Crippen LogP contribution >= 0.6 is 0 Å². The second-order valence-corrected chi connectivity index (χ2v) is 5.55. The van der Waals surface area contributed by atoms with E-state index in [1.165, 1.54) is 6.07 Å². The number of rotatable bonds is 7. The lowest BCUT2D eigenvalue weighted by atomic mass is 10.2. The third-order valence-electron chi connectivity index (χ3n) is 3.71. The van der Waals surface area contributed by atoms with Crippen molar-refractivity contribution < 1.29 is 23.9 Å². The molecular formula is C17H22N2O5. The maximum absolute atomic E-state index is 11.8. The fourth-order valence-corrected chi connectivity index (χ4v) is 2.58. The maximum atomic E-state index is 11.8. The van der Waals surface area contributed by atoms with Crippen molar-refractivity contribution in [2.45, 2.75) is 38.6 Å². The minimum Gasteiger partial charge on any atom is -0.490 e. The van der Waals surface area contributed by atoms with E-state index in [9.17, 15) is 14.4 Å². The van der Waals surface area contributed by atoms with Crippen molar-refractivity contribution in [2.24, 2.45) is 0 Å². The van der Waals surface area contributed by atoms with Crippen LogP contribution < -0.4 is 20.1 Å². The number of imide groups is 1. The summed E-state index contributed by atoms with van der Waals surface area (Å²) in [5, 5.41) is 5.00. The molecule has 1 saturated carbocycles. The number of hydrogen-bond acceptors (Lipinski definition) is 5. The van der Waals surface area contributed by atoms with Crippen LogP contribution in [-0.2, 0) is 4.79 Å². The van der Waals surface area contributed by atoms with Crippen LogP contribution in [0.15, 0.2) is 18.2 Å². The number of urea groups is 1. The molecule has 0 spiro atoms. The van der Waals surface area contributed by atoms with Gasteiger partial charge in [-0.15, -0.1) is 0 Å². The molecule has 0 heterocycles. The smallest absolute Gasteiger partial charge is 0.321 e. The molecule has 130 valence electrons. The van der Waals surface area contributed by atoms with Gasteiger partial charge in [-0.25, -0.2) is 4.79 Å². The maximum Gasteiger partial charge on any atom is 0.321 e. The molecule has 1 aliphatic carbocycles. The Hall–Kier alpha value is -2.57. The van der Waals surface area contributed by atoms with Crippen LogP contribution in [0.4, 0.5) is 4.79 Å². The van der Waals surface area contributed by atoms with Crippen molar-refractivity contribution in [1.29, 1.82) is 0 Å². The Labute approximate surface area is 140 Å². The minimum atomic E-state index is -0.549. The van der Waals surface area contributed by atoms with Crippen molar-refractivity contribution in [3.05, 3.63) is 23.8 Å². The van der Waals surface area contributed by atoms with Gasteiger partial charge in [-0.2, -0.15) is 0 Å². The molecule has 24 heavy (non-hydrogen) atoms. The predicted octanol–water partition coefficient (Wildman–Crippen LogP) is 2.04. The summed E-state index contributed by atoms with van der Waals surface area (Å²) < 4.78 is 10.8. The van der Waals surface area contributed by atoms with Crippen LogP contribution in [-0.4, -0.2) is 37.5 Å². The van der Waals surface area contributed by atoms with Gasteiger partial charge in [-0.1, -0.05) is 12.8 Å². The third kappa shape index (κ3) is 5.26. The van der Waals surface area contributed by atoms with E-state index in [0.29, 0.717) is 30.0 Å². The largest absolute Gasteiger partial charge is 0.490 e. The summed E-state index contributed by atoms with van der Waals surface area (Å²) in [5.41, 5.74) is 0.450. The molecule has 3 amide bonds. The Morgan fingerprint density at radius 1 is 1.21 bits per heavy atom. The van der Waals surface area contributed by atoms with E-state index < -0.39 is 11.9 Å². The average molecular weight is 334 g/mol. The molecule has 0 atom stereocenters.